The van der Waals surface area contributed by atoms with Gasteiger partial charge in [-0.3, -0.25) is 0 Å². The monoisotopic (exact) mass is 580 g/mol. The molecule has 8 heteroatoms. The molecule has 0 aliphatic rings. The molecule has 214 valence electrons. The number of hydrogen-bond acceptors (Lipinski definition) is 6. The molecule has 0 heterocycles. The van der Waals surface area contributed by atoms with Crippen LogP contribution in [0.3, 0.4) is 0 Å². The summed E-state index contributed by atoms with van der Waals surface area (Å²) in [6, 6.07) is 35.1. The van der Waals surface area contributed by atoms with Crippen LogP contribution in [0.4, 0.5) is 0 Å². The maximum absolute atomic E-state index is 5.96. The van der Waals surface area contributed by atoms with Crippen LogP contribution in [-0.2, 0) is 0 Å². The molecule has 0 spiro atoms. The van der Waals surface area contributed by atoms with Gasteiger partial charge in [0.05, 0.1) is 0 Å². The highest BCUT2D eigenvalue weighted by molar-refractivity contribution is 7.56. The van der Waals surface area contributed by atoms with E-state index in [1.807, 2.05) is 150 Å². The van der Waals surface area contributed by atoms with Gasteiger partial charge in [0, 0.05) is 27.4 Å². The van der Waals surface area contributed by atoms with Crippen LogP contribution in [0.25, 0.3) is 0 Å². The predicted molar refractivity (Wildman–Crippen MR) is 171 cm³/mol. The maximum atomic E-state index is 5.96. The smallest absolute Gasteiger partial charge is 0.310 e. The lowest BCUT2D eigenvalue weighted by molar-refractivity contribution is 0.480. The van der Waals surface area contributed by atoms with Crippen LogP contribution in [0.1, 0.15) is 25.0 Å². The number of rotatable bonds is 8. The quantitative estimate of drug-likeness (QED) is 0.195. The number of benzene rings is 4. The van der Waals surface area contributed by atoms with Crippen molar-refractivity contribution in [3.63, 3.8) is 0 Å². The summed E-state index contributed by atoms with van der Waals surface area (Å²) in [6.07, 6.45) is 0. The molecule has 0 saturated carbocycles. The molecule has 0 amide bonds. The zero-order valence-corrected chi connectivity index (χ0v) is 26.6. The normalized spacial score (nSPS) is 12.9. The fourth-order valence-electron chi connectivity index (χ4n) is 3.29. The van der Waals surface area contributed by atoms with Crippen molar-refractivity contribution < 1.29 is 18.1 Å². The van der Waals surface area contributed by atoms with Crippen LogP contribution in [-0.4, -0.2) is 27.4 Å². The molecule has 40 heavy (non-hydrogen) atoms. The molecule has 2 atom stereocenters. The number of nitrogens with zero attached hydrogens (tertiary/aromatic N) is 2. The topological polar surface area (TPSA) is 61.6 Å². The molecule has 0 fully saturated rings. The molecule has 4 rings (SSSR count). The maximum Gasteiger partial charge on any atom is 0.310 e. The molecular weight excluding hydrogens is 538 g/mol. The summed E-state index contributed by atoms with van der Waals surface area (Å²) in [5, 5.41) is 0. The van der Waals surface area contributed by atoms with E-state index in [1.165, 1.54) is 0 Å². The summed E-state index contributed by atoms with van der Waals surface area (Å²) in [5.74, 6) is 3.13. The Morgan fingerprint density at radius 3 is 1.05 bits per heavy atom. The predicted octanol–water partition coefficient (Wildman–Crippen LogP) is 10.5. The van der Waals surface area contributed by atoms with Crippen LogP contribution >= 0.6 is 15.0 Å². The van der Waals surface area contributed by atoms with E-state index in [4.69, 9.17) is 18.1 Å². The highest BCUT2D eigenvalue weighted by Gasteiger charge is 2.18. The third-order valence-electron chi connectivity index (χ3n) is 5.29. The van der Waals surface area contributed by atoms with Gasteiger partial charge in [0.25, 0.3) is 0 Å². The first kappa shape index (κ1) is 32.8. The third kappa shape index (κ3) is 11.3. The Labute approximate surface area is 240 Å². The molecule has 0 N–H and O–H groups in total. The summed E-state index contributed by atoms with van der Waals surface area (Å²) in [4.78, 5) is 0. The lowest BCUT2D eigenvalue weighted by Gasteiger charge is -2.21. The fraction of sp³-hybridized carbons (Fsp3) is 0.250. The van der Waals surface area contributed by atoms with Crippen molar-refractivity contribution in [1.29, 1.82) is 0 Å². The minimum atomic E-state index is -2.29. The van der Waals surface area contributed by atoms with Gasteiger partial charge in [0.2, 0.25) is 0 Å². The average molecular weight is 581 g/mol. The van der Waals surface area contributed by atoms with E-state index in [0.717, 1.165) is 34.1 Å². The molecule has 4 aromatic rings. The standard InChI is InChI=1S/2C15H18NO2P.C2H6/c2*1-13-8-7-11-15(12-13)18-19(3,16-2)17-14-9-5-4-6-10-14;1-2/h2*4-12H,1-3H3;1-2H3. The second kappa shape index (κ2) is 16.6. The zero-order chi connectivity index (χ0) is 29.4. The summed E-state index contributed by atoms with van der Waals surface area (Å²) < 4.78 is 32.4. The lowest BCUT2D eigenvalue weighted by atomic mass is 10.2. The lowest BCUT2D eigenvalue weighted by Crippen LogP contribution is -2.00. The fourth-order valence-corrected chi connectivity index (χ4v) is 5.73. The van der Waals surface area contributed by atoms with Gasteiger partial charge in [-0.05, 0) is 73.5 Å². The SMILES string of the molecule is CC.CN=P(C)(Oc1ccccc1)Oc1cccc(C)c1.CN=P(C)(Oc1ccccc1)Oc1cccc(C)c1. The summed E-state index contributed by atoms with van der Waals surface area (Å²) in [6.45, 7) is 11.9. The van der Waals surface area contributed by atoms with Crippen LogP contribution in [0.5, 0.6) is 23.0 Å². The van der Waals surface area contributed by atoms with Crippen LogP contribution < -0.4 is 18.1 Å². The molecule has 0 bridgehead atoms. The first-order valence-electron chi connectivity index (χ1n) is 13.2. The summed E-state index contributed by atoms with van der Waals surface area (Å²) >= 11 is 0. The number of para-hydroxylation sites is 2. The van der Waals surface area contributed by atoms with E-state index in [0.29, 0.717) is 0 Å². The summed E-state index contributed by atoms with van der Waals surface area (Å²) in [7, 11) is -1.12. The molecular formula is C32H42N2O4P2. The second-order valence-electron chi connectivity index (χ2n) is 8.63. The zero-order valence-electron chi connectivity index (χ0n) is 24.8. The van der Waals surface area contributed by atoms with Crippen molar-refractivity contribution in [2.75, 3.05) is 27.4 Å². The Morgan fingerprint density at radius 1 is 0.450 bits per heavy atom. The second-order valence-corrected chi connectivity index (χ2v) is 13.4. The van der Waals surface area contributed by atoms with Crippen molar-refractivity contribution >= 4 is 15.0 Å². The Bertz CT molecular complexity index is 1300. The van der Waals surface area contributed by atoms with Gasteiger partial charge in [-0.1, -0.05) is 74.5 Å². The summed E-state index contributed by atoms with van der Waals surface area (Å²) in [5.41, 5.74) is 2.31. The minimum Gasteiger partial charge on any atom is -0.430 e. The van der Waals surface area contributed by atoms with Gasteiger partial charge in [-0.15, -0.1) is 0 Å². The van der Waals surface area contributed by atoms with Crippen LogP contribution in [0, 0.1) is 13.8 Å². The minimum absolute atomic E-state index is 0.775. The van der Waals surface area contributed by atoms with Gasteiger partial charge >= 0.3 is 15.0 Å². The Kier molecular flexibility index (Phi) is 13.6. The van der Waals surface area contributed by atoms with E-state index in [-0.39, 0.29) is 0 Å². The van der Waals surface area contributed by atoms with Crippen molar-refractivity contribution in [2.24, 2.45) is 9.49 Å². The Balaban J connectivity index is 0.000000264. The van der Waals surface area contributed by atoms with Crippen molar-refractivity contribution in [2.45, 2.75) is 27.7 Å². The highest BCUT2D eigenvalue weighted by Crippen LogP contribution is 2.48. The molecule has 0 aliphatic heterocycles. The van der Waals surface area contributed by atoms with Crippen molar-refractivity contribution in [3.05, 3.63) is 120 Å². The largest absolute Gasteiger partial charge is 0.430 e. The molecule has 4 aromatic carbocycles. The average Bonchev–Trinajstić information content (AvgIpc) is 2.95. The number of hydrogen-bond donors (Lipinski definition) is 0. The molecule has 0 aromatic heterocycles. The van der Waals surface area contributed by atoms with Gasteiger partial charge in [-0.25, -0.2) is 9.49 Å². The van der Waals surface area contributed by atoms with Crippen LogP contribution in [0.2, 0.25) is 0 Å². The van der Waals surface area contributed by atoms with Gasteiger partial charge in [0.15, 0.2) is 0 Å². The van der Waals surface area contributed by atoms with Crippen LogP contribution in [0.15, 0.2) is 119 Å². The first-order chi connectivity index (χ1) is 19.2. The molecule has 2 unspecified atom stereocenters. The third-order valence-corrected chi connectivity index (χ3v) is 8.94. The molecule has 0 saturated heterocycles. The van der Waals surface area contributed by atoms with Gasteiger partial charge < -0.3 is 18.1 Å². The molecule has 0 radical (unpaired) electrons. The molecule has 6 nitrogen and oxygen atoms in total. The van der Waals surface area contributed by atoms with Crippen molar-refractivity contribution in [1.82, 2.24) is 0 Å². The van der Waals surface area contributed by atoms with E-state index in [9.17, 15) is 0 Å². The van der Waals surface area contributed by atoms with E-state index < -0.39 is 15.0 Å². The van der Waals surface area contributed by atoms with E-state index >= 15 is 0 Å². The first-order valence-corrected chi connectivity index (χ1v) is 17.2. The molecule has 0 aliphatic carbocycles. The van der Waals surface area contributed by atoms with Gasteiger partial charge in [-0.2, -0.15) is 0 Å². The van der Waals surface area contributed by atoms with Crippen molar-refractivity contribution in [3.8, 4) is 23.0 Å². The highest BCUT2D eigenvalue weighted by atomic mass is 31.2. The Hall–Kier alpha value is -3.46. The Morgan fingerprint density at radius 2 is 0.750 bits per heavy atom. The van der Waals surface area contributed by atoms with Gasteiger partial charge in [0.1, 0.15) is 23.0 Å². The number of aryl methyl sites for hydroxylation is 2. The van der Waals surface area contributed by atoms with E-state index in [1.54, 1.807) is 14.1 Å². The van der Waals surface area contributed by atoms with E-state index in [2.05, 4.69) is 9.49 Å².